The zero-order valence-electron chi connectivity index (χ0n) is 17.6. The average Bonchev–Trinajstić information content (AvgIpc) is 3.05. The Morgan fingerprint density at radius 1 is 1.07 bits per heavy atom. The van der Waals surface area contributed by atoms with E-state index in [-0.39, 0.29) is 5.78 Å². The molecule has 1 unspecified atom stereocenters. The Morgan fingerprint density at radius 2 is 1.90 bits per heavy atom. The molecule has 2 aromatic rings. The summed E-state index contributed by atoms with van der Waals surface area (Å²) in [5.41, 5.74) is 8.00. The van der Waals surface area contributed by atoms with Gasteiger partial charge in [-0.15, -0.1) is 0 Å². The summed E-state index contributed by atoms with van der Waals surface area (Å²) in [5, 5.41) is 9.51. The summed E-state index contributed by atoms with van der Waals surface area (Å²) in [4.78, 5) is 14.8. The van der Waals surface area contributed by atoms with Gasteiger partial charge in [-0.2, -0.15) is 5.26 Å². The lowest BCUT2D eigenvalue weighted by atomic mass is 9.85. The van der Waals surface area contributed by atoms with Gasteiger partial charge in [-0.05, 0) is 97.6 Å². The third-order valence-electron chi connectivity index (χ3n) is 6.88. The van der Waals surface area contributed by atoms with Gasteiger partial charge >= 0.3 is 0 Å². The summed E-state index contributed by atoms with van der Waals surface area (Å²) in [5.74, 6) is 0.772. The van der Waals surface area contributed by atoms with Crippen LogP contribution in [0.15, 0.2) is 30.3 Å². The van der Waals surface area contributed by atoms with Crippen LogP contribution in [-0.4, -0.2) is 30.3 Å². The summed E-state index contributed by atoms with van der Waals surface area (Å²) in [6, 6.07) is 12.7. The molecular formula is C26H30N2O. The molecule has 0 bridgehead atoms. The fourth-order valence-corrected chi connectivity index (χ4v) is 5.22. The van der Waals surface area contributed by atoms with Crippen LogP contribution in [0.4, 0.5) is 0 Å². The van der Waals surface area contributed by atoms with Crippen molar-refractivity contribution in [2.45, 2.75) is 58.3 Å². The Bertz CT molecular complexity index is 965. The van der Waals surface area contributed by atoms with E-state index in [0.29, 0.717) is 17.9 Å². The maximum Gasteiger partial charge on any atom is 0.163 e. The molecule has 0 N–H and O–H groups in total. The first-order valence-corrected chi connectivity index (χ1v) is 11.1. The van der Waals surface area contributed by atoms with Gasteiger partial charge in [-0.3, -0.25) is 4.79 Å². The largest absolute Gasteiger partial charge is 0.304 e. The minimum absolute atomic E-state index is 0.265. The normalized spacial score (nSPS) is 17.4. The molecule has 150 valence electrons. The Kier molecular flexibility index (Phi) is 5.83. The molecule has 0 aromatic heterocycles. The molecule has 0 saturated heterocycles. The number of fused-ring (bicyclic) bond motifs is 5. The average molecular weight is 387 g/mol. The van der Waals surface area contributed by atoms with Gasteiger partial charge in [0.15, 0.2) is 5.78 Å². The number of aryl methyl sites for hydroxylation is 1. The molecule has 0 saturated carbocycles. The van der Waals surface area contributed by atoms with Crippen molar-refractivity contribution in [3.05, 3.63) is 58.1 Å². The highest BCUT2D eigenvalue weighted by Crippen LogP contribution is 2.44. The molecule has 0 aliphatic heterocycles. The first-order chi connectivity index (χ1) is 14.2. The van der Waals surface area contributed by atoms with Crippen LogP contribution < -0.4 is 0 Å². The lowest BCUT2D eigenvalue weighted by Crippen LogP contribution is -2.24. The predicted molar refractivity (Wildman–Crippen MR) is 117 cm³/mol. The molecular weight excluding hydrogens is 356 g/mol. The van der Waals surface area contributed by atoms with E-state index in [2.05, 4.69) is 43.0 Å². The van der Waals surface area contributed by atoms with E-state index in [1.54, 1.807) is 0 Å². The highest BCUT2D eigenvalue weighted by atomic mass is 16.1. The van der Waals surface area contributed by atoms with Gasteiger partial charge < -0.3 is 4.90 Å². The van der Waals surface area contributed by atoms with Gasteiger partial charge in [0.05, 0.1) is 11.6 Å². The monoisotopic (exact) mass is 386 g/mol. The van der Waals surface area contributed by atoms with Crippen LogP contribution in [0.5, 0.6) is 0 Å². The number of rotatable bonds is 6. The number of carbonyl (C=O) groups excluding carboxylic acids is 1. The Balaban J connectivity index is 1.73. The Labute approximate surface area is 174 Å². The van der Waals surface area contributed by atoms with Gasteiger partial charge in [-0.25, -0.2) is 0 Å². The predicted octanol–water partition coefficient (Wildman–Crippen LogP) is 5.51. The lowest BCUT2D eigenvalue weighted by Gasteiger charge is -2.22. The first kappa shape index (κ1) is 19.9. The minimum atomic E-state index is 0.265. The number of ketones is 1. The molecule has 3 nitrogen and oxygen atoms in total. The molecule has 0 fully saturated rings. The molecule has 3 heteroatoms. The molecule has 2 aliphatic rings. The van der Waals surface area contributed by atoms with Gasteiger partial charge in [0.1, 0.15) is 0 Å². The molecule has 0 amide bonds. The van der Waals surface area contributed by atoms with Gasteiger partial charge in [0.25, 0.3) is 0 Å². The Hall–Kier alpha value is -2.44. The number of carbonyl (C=O) groups is 1. The van der Waals surface area contributed by atoms with E-state index in [1.165, 1.54) is 40.7 Å². The van der Waals surface area contributed by atoms with Crippen LogP contribution in [0.1, 0.15) is 78.1 Å². The summed E-state index contributed by atoms with van der Waals surface area (Å²) in [6.45, 7) is 7.81. The zero-order valence-corrected chi connectivity index (χ0v) is 17.6. The highest BCUT2D eigenvalue weighted by molar-refractivity contribution is 6.03. The van der Waals surface area contributed by atoms with Gasteiger partial charge in [-0.1, -0.05) is 32.0 Å². The van der Waals surface area contributed by atoms with Crippen molar-refractivity contribution in [1.29, 1.82) is 5.26 Å². The van der Waals surface area contributed by atoms with Crippen molar-refractivity contribution in [2.75, 3.05) is 19.6 Å². The summed E-state index contributed by atoms with van der Waals surface area (Å²) < 4.78 is 0. The van der Waals surface area contributed by atoms with Crippen molar-refractivity contribution in [1.82, 2.24) is 4.90 Å². The number of nitriles is 1. The second-order valence-electron chi connectivity index (χ2n) is 8.37. The zero-order chi connectivity index (χ0) is 20.4. The number of nitrogens with zero attached hydrogens (tertiary/aromatic N) is 2. The molecule has 29 heavy (non-hydrogen) atoms. The molecule has 2 aliphatic carbocycles. The van der Waals surface area contributed by atoms with E-state index in [9.17, 15) is 10.1 Å². The first-order valence-electron chi connectivity index (χ1n) is 11.1. The number of hydrogen-bond donors (Lipinski definition) is 0. The van der Waals surface area contributed by atoms with E-state index in [1.807, 2.05) is 12.1 Å². The van der Waals surface area contributed by atoms with Crippen LogP contribution in [0.2, 0.25) is 0 Å². The van der Waals surface area contributed by atoms with E-state index in [0.717, 1.165) is 44.5 Å². The van der Waals surface area contributed by atoms with Crippen LogP contribution in [0.25, 0.3) is 11.1 Å². The smallest absolute Gasteiger partial charge is 0.163 e. The molecule has 0 heterocycles. The van der Waals surface area contributed by atoms with Crippen molar-refractivity contribution in [3.8, 4) is 17.2 Å². The van der Waals surface area contributed by atoms with Crippen molar-refractivity contribution >= 4 is 5.78 Å². The van der Waals surface area contributed by atoms with Crippen LogP contribution >= 0.6 is 0 Å². The summed E-state index contributed by atoms with van der Waals surface area (Å²) in [6.07, 6.45) is 6.00. The summed E-state index contributed by atoms with van der Waals surface area (Å²) in [7, 11) is 0. The highest BCUT2D eigenvalue weighted by Gasteiger charge is 2.29. The third kappa shape index (κ3) is 3.74. The topological polar surface area (TPSA) is 44.1 Å². The Morgan fingerprint density at radius 3 is 2.66 bits per heavy atom. The van der Waals surface area contributed by atoms with Gasteiger partial charge in [0.2, 0.25) is 0 Å². The van der Waals surface area contributed by atoms with Crippen LogP contribution in [0.3, 0.4) is 0 Å². The number of Topliss-reactive ketones (excluding diaryl/α,β-unsaturated/α-hetero) is 1. The fourth-order valence-electron chi connectivity index (χ4n) is 5.22. The van der Waals surface area contributed by atoms with Crippen molar-refractivity contribution < 1.29 is 4.79 Å². The van der Waals surface area contributed by atoms with E-state index >= 15 is 0 Å². The number of benzene rings is 2. The molecule has 0 radical (unpaired) electrons. The van der Waals surface area contributed by atoms with Crippen molar-refractivity contribution in [2.24, 2.45) is 0 Å². The maximum absolute atomic E-state index is 12.3. The quantitative estimate of drug-likeness (QED) is 0.658. The van der Waals surface area contributed by atoms with Crippen LogP contribution in [0, 0.1) is 11.3 Å². The lowest BCUT2D eigenvalue weighted by molar-refractivity contribution is 0.0994. The minimum Gasteiger partial charge on any atom is -0.304 e. The molecule has 1 atom stereocenters. The second kappa shape index (κ2) is 8.51. The summed E-state index contributed by atoms with van der Waals surface area (Å²) >= 11 is 0. The third-order valence-corrected chi connectivity index (χ3v) is 6.88. The van der Waals surface area contributed by atoms with E-state index < -0.39 is 0 Å². The maximum atomic E-state index is 12.3. The number of hydrogen-bond acceptors (Lipinski definition) is 3. The molecule has 2 aromatic carbocycles. The van der Waals surface area contributed by atoms with Crippen LogP contribution in [-0.2, 0) is 12.8 Å². The second-order valence-corrected chi connectivity index (χ2v) is 8.37. The van der Waals surface area contributed by atoms with Gasteiger partial charge in [0, 0.05) is 12.0 Å². The molecule has 4 rings (SSSR count). The fraction of sp³-hybridized carbons (Fsp3) is 0.462. The van der Waals surface area contributed by atoms with E-state index in [4.69, 9.17) is 0 Å². The SMILES string of the molecule is CCN(CC)CCCC1CCc2ccc3c(c2-c2cc(C#N)ccc21)CCC3=O. The van der Waals surface area contributed by atoms with Crippen molar-refractivity contribution in [3.63, 3.8) is 0 Å². The molecule has 0 spiro atoms. The standard InChI is InChI=1S/C26H30N2O/c1-3-28(4-2)15-5-6-19-8-9-20-10-12-22-23(13-14-25(22)29)26(20)24-16-18(17-27)7-11-21(19)24/h7,10-12,16,19H,3-6,8-9,13-15H2,1-2H3.